The van der Waals surface area contributed by atoms with Crippen molar-refractivity contribution < 1.29 is 4.74 Å². The van der Waals surface area contributed by atoms with Gasteiger partial charge in [0.05, 0.1) is 5.01 Å². The molecule has 1 aliphatic rings. The Morgan fingerprint density at radius 3 is 3.23 bits per heavy atom. The molecule has 0 N–H and O–H groups in total. The van der Waals surface area contributed by atoms with Gasteiger partial charge in [-0.2, -0.15) is 0 Å². The van der Waals surface area contributed by atoms with Crippen LogP contribution < -0.4 is 0 Å². The van der Waals surface area contributed by atoms with Crippen molar-refractivity contribution in [2.75, 3.05) is 13.2 Å². The van der Waals surface area contributed by atoms with Gasteiger partial charge >= 0.3 is 0 Å². The zero-order valence-corrected chi connectivity index (χ0v) is 8.77. The first-order valence-corrected chi connectivity index (χ1v) is 5.71. The highest BCUT2D eigenvalue weighted by molar-refractivity contribution is 7.11. The summed E-state index contributed by atoms with van der Waals surface area (Å²) in [5.41, 5.74) is 0. The molecule has 1 aliphatic heterocycles. The third kappa shape index (κ3) is 2.29. The van der Waals surface area contributed by atoms with E-state index in [0.29, 0.717) is 0 Å². The Bertz CT molecular complexity index is 266. The summed E-state index contributed by atoms with van der Waals surface area (Å²) in [5, 5.41) is 1.28. The van der Waals surface area contributed by atoms with Gasteiger partial charge in [0, 0.05) is 30.7 Å². The van der Waals surface area contributed by atoms with Crippen LogP contribution in [-0.2, 0) is 17.6 Å². The third-order valence-electron chi connectivity index (χ3n) is 2.44. The number of nitrogens with zero attached hydrogens (tertiary/aromatic N) is 1. The van der Waals surface area contributed by atoms with E-state index in [1.54, 1.807) is 0 Å². The van der Waals surface area contributed by atoms with Crippen molar-refractivity contribution in [3.05, 3.63) is 16.1 Å². The van der Waals surface area contributed by atoms with Gasteiger partial charge in [-0.05, 0) is 18.8 Å². The van der Waals surface area contributed by atoms with Crippen LogP contribution in [0.1, 0.15) is 23.2 Å². The molecular weight excluding hydrogens is 182 g/mol. The lowest BCUT2D eigenvalue weighted by Gasteiger charge is -2.02. The number of thiazole rings is 1. The van der Waals surface area contributed by atoms with E-state index in [-0.39, 0.29) is 0 Å². The molecule has 0 bridgehead atoms. The summed E-state index contributed by atoms with van der Waals surface area (Å²) in [6.07, 6.45) is 5.44. The molecule has 3 heteroatoms. The first-order chi connectivity index (χ1) is 6.38. The lowest BCUT2D eigenvalue weighted by molar-refractivity contribution is 0.186. The number of rotatable bonds is 3. The molecule has 13 heavy (non-hydrogen) atoms. The standard InChI is InChI=1S/C10H15NOS/c1-2-9-6-11-10(13-9)5-8-3-4-12-7-8/h6,8H,2-5,7H2,1H3. The summed E-state index contributed by atoms with van der Waals surface area (Å²) in [4.78, 5) is 5.81. The van der Waals surface area contributed by atoms with Gasteiger partial charge in [0.2, 0.25) is 0 Å². The molecule has 2 heterocycles. The van der Waals surface area contributed by atoms with Gasteiger partial charge in [-0.25, -0.2) is 4.98 Å². The minimum Gasteiger partial charge on any atom is -0.381 e. The Morgan fingerprint density at radius 2 is 2.62 bits per heavy atom. The predicted molar refractivity (Wildman–Crippen MR) is 54.1 cm³/mol. The van der Waals surface area contributed by atoms with E-state index >= 15 is 0 Å². The zero-order valence-electron chi connectivity index (χ0n) is 7.95. The quantitative estimate of drug-likeness (QED) is 0.741. The molecule has 1 saturated heterocycles. The molecule has 1 atom stereocenters. The maximum atomic E-state index is 5.34. The highest BCUT2D eigenvalue weighted by atomic mass is 32.1. The monoisotopic (exact) mass is 197 g/mol. The summed E-state index contributed by atoms with van der Waals surface area (Å²) in [7, 11) is 0. The molecule has 2 nitrogen and oxygen atoms in total. The third-order valence-corrected chi connectivity index (χ3v) is 3.60. The Balaban J connectivity index is 1.92. The summed E-state index contributed by atoms with van der Waals surface area (Å²) >= 11 is 1.85. The molecule has 1 aromatic heterocycles. The number of ether oxygens (including phenoxy) is 1. The SMILES string of the molecule is CCc1cnc(CC2CCOC2)s1. The summed E-state index contributed by atoms with van der Waals surface area (Å²) in [5.74, 6) is 0.718. The first kappa shape index (κ1) is 9.16. The van der Waals surface area contributed by atoms with Crippen LogP contribution in [0.15, 0.2) is 6.20 Å². The van der Waals surface area contributed by atoms with Crippen molar-refractivity contribution >= 4 is 11.3 Å². The van der Waals surface area contributed by atoms with Crippen molar-refractivity contribution in [1.29, 1.82) is 0 Å². The molecule has 0 saturated carbocycles. The molecule has 0 aliphatic carbocycles. The molecule has 0 aromatic carbocycles. The maximum Gasteiger partial charge on any atom is 0.0931 e. The van der Waals surface area contributed by atoms with Crippen LogP contribution in [0.3, 0.4) is 0 Å². The Hall–Kier alpha value is -0.410. The molecule has 1 aromatic rings. The predicted octanol–water partition coefficient (Wildman–Crippen LogP) is 2.28. The molecule has 1 unspecified atom stereocenters. The van der Waals surface area contributed by atoms with Crippen molar-refractivity contribution in [2.45, 2.75) is 26.2 Å². The summed E-state index contributed by atoms with van der Waals surface area (Å²) in [6.45, 7) is 4.05. The highest BCUT2D eigenvalue weighted by Crippen LogP contribution is 2.21. The Morgan fingerprint density at radius 1 is 1.69 bits per heavy atom. The van der Waals surface area contributed by atoms with Gasteiger partial charge in [0.1, 0.15) is 0 Å². The lowest BCUT2D eigenvalue weighted by atomic mass is 10.1. The van der Waals surface area contributed by atoms with E-state index in [2.05, 4.69) is 11.9 Å². The average molecular weight is 197 g/mol. The fraction of sp³-hybridized carbons (Fsp3) is 0.700. The molecule has 1 fully saturated rings. The van der Waals surface area contributed by atoms with Crippen molar-refractivity contribution in [3.63, 3.8) is 0 Å². The fourth-order valence-corrected chi connectivity index (χ4v) is 2.57. The largest absolute Gasteiger partial charge is 0.381 e. The van der Waals surface area contributed by atoms with Gasteiger partial charge in [0.25, 0.3) is 0 Å². The van der Waals surface area contributed by atoms with E-state index in [4.69, 9.17) is 4.74 Å². The molecule has 0 radical (unpaired) electrons. The molecule has 72 valence electrons. The number of hydrogen-bond donors (Lipinski definition) is 0. The number of hydrogen-bond acceptors (Lipinski definition) is 3. The zero-order chi connectivity index (χ0) is 9.10. The molecular formula is C10H15NOS. The lowest BCUT2D eigenvalue weighted by Crippen LogP contribution is -2.02. The van der Waals surface area contributed by atoms with Crippen LogP contribution in [0.4, 0.5) is 0 Å². The van der Waals surface area contributed by atoms with Crippen LogP contribution >= 0.6 is 11.3 Å². The molecule has 0 spiro atoms. The fourth-order valence-electron chi connectivity index (χ4n) is 1.60. The van der Waals surface area contributed by atoms with E-state index in [1.165, 1.54) is 16.3 Å². The smallest absolute Gasteiger partial charge is 0.0931 e. The highest BCUT2D eigenvalue weighted by Gasteiger charge is 2.17. The summed E-state index contributed by atoms with van der Waals surface area (Å²) in [6, 6.07) is 0. The van der Waals surface area contributed by atoms with E-state index in [1.807, 2.05) is 17.5 Å². The second kappa shape index (κ2) is 4.20. The van der Waals surface area contributed by atoms with Gasteiger partial charge in [0.15, 0.2) is 0 Å². The van der Waals surface area contributed by atoms with E-state index < -0.39 is 0 Å². The van der Waals surface area contributed by atoms with Crippen LogP contribution in [0.5, 0.6) is 0 Å². The van der Waals surface area contributed by atoms with Crippen LogP contribution in [-0.4, -0.2) is 18.2 Å². The average Bonchev–Trinajstić information content (AvgIpc) is 2.76. The maximum absolute atomic E-state index is 5.34. The second-order valence-corrected chi connectivity index (χ2v) is 4.71. The molecule has 2 rings (SSSR count). The summed E-state index contributed by atoms with van der Waals surface area (Å²) < 4.78 is 5.34. The van der Waals surface area contributed by atoms with Gasteiger partial charge in [-0.15, -0.1) is 11.3 Å². The second-order valence-electron chi connectivity index (χ2n) is 3.51. The Labute approximate surface area is 83.0 Å². The van der Waals surface area contributed by atoms with Gasteiger partial charge in [-0.3, -0.25) is 0 Å². The van der Waals surface area contributed by atoms with Crippen LogP contribution in [0.2, 0.25) is 0 Å². The number of aromatic nitrogens is 1. The van der Waals surface area contributed by atoms with Crippen LogP contribution in [0.25, 0.3) is 0 Å². The minimum atomic E-state index is 0.718. The van der Waals surface area contributed by atoms with Crippen molar-refractivity contribution in [2.24, 2.45) is 5.92 Å². The topological polar surface area (TPSA) is 22.1 Å². The van der Waals surface area contributed by atoms with Crippen molar-refractivity contribution in [1.82, 2.24) is 4.98 Å². The number of aryl methyl sites for hydroxylation is 1. The van der Waals surface area contributed by atoms with Crippen molar-refractivity contribution in [3.8, 4) is 0 Å². The van der Waals surface area contributed by atoms with E-state index in [0.717, 1.165) is 32.0 Å². The van der Waals surface area contributed by atoms with E-state index in [9.17, 15) is 0 Å². The van der Waals surface area contributed by atoms with Gasteiger partial charge in [-0.1, -0.05) is 6.92 Å². The Kier molecular flexibility index (Phi) is 2.96. The normalized spacial score (nSPS) is 22.4. The van der Waals surface area contributed by atoms with Gasteiger partial charge < -0.3 is 4.74 Å². The van der Waals surface area contributed by atoms with Crippen LogP contribution in [0, 0.1) is 5.92 Å². The first-order valence-electron chi connectivity index (χ1n) is 4.90. The molecule has 0 amide bonds. The minimum absolute atomic E-state index is 0.718.